The summed E-state index contributed by atoms with van der Waals surface area (Å²) >= 11 is 0. The fourth-order valence-corrected chi connectivity index (χ4v) is 3.08. The number of hydrogen-bond donors (Lipinski definition) is 2. The van der Waals surface area contributed by atoms with E-state index in [4.69, 9.17) is 10.5 Å². The smallest absolute Gasteiger partial charge is 0.255 e. The zero-order valence-electron chi connectivity index (χ0n) is 14.9. The Morgan fingerprint density at radius 1 is 1.28 bits per heavy atom. The Hall–Kier alpha value is -1.63. The van der Waals surface area contributed by atoms with Gasteiger partial charge in [-0.3, -0.25) is 9.59 Å². The molecule has 6 nitrogen and oxygen atoms in total. The zero-order valence-corrected chi connectivity index (χ0v) is 15.7. The van der Waals surface area contributed by atoms with Crippen molar-refractivity contribution in [2.75, 3.05) is 26.1 Å². The van der Waals surface area contributed by atoms with Crippen molar-refractivity contribution in [2.24, 2.45) is 5.73 Å². The molecule has 1 unspecified atom stereocenters. The minimum atomic E-state index is -0.769. The van der Waals surface area contributed by atoms with Gasteiger partial charge in [0.25, 0.3) is 5.91 Å². The fraction of sp³-hybridized carbons (Fsp3) is 0.556. The van der Waals surface area contributed by atoms with Gasteiger partial charge in [0.1, 0.15) is 6.04 Å². The number of para-hydroxylation sites is 1. The highest BCUT2D eigenvalue weighted by Crippen LogP contribution is 2.25. The number of amides is 2. The molecule has 1 saturated carbocycles. The summed E-state index contributed by atoms with van der Waals surface area (Å²) in [5.74, 6) is -0.435. The summed E-state index contributed by atoms with van der Waals surface area (Å²) in [7, 11) is 3.33. The quantitative estimate of drug-likeness (QED) is 0.806. The summed E-state index contributed by atoms with van der Waals surface area (Å²) in [4.78, 5) is 26.8. The van der Waals surface area contributed by atoms with Crippen LogP contribution in [0.4, 0.5) is 5.69 Å². The van der Waals surface area contributed by atoms with Crippen LogP contribution in [0.1, 0.15) is 42.5 Å². The number of rotatable bonds is 6. The predicted molar refractivity (Wildman–Crippen MR) is 101 cm³/mol. The highest BCUT2D eigenvalue weighted by molar-refractivity contribution is 6.04. The Labute approximate surface area is 155 Å². The van der Waals surface area contributed by atoms with Crippen LogP contribution < -0.4 is 11.1 Å². The zero-order chi connectivity index (χ0) is 17.5. The Morgan fingerprint density at radius 2 is 1.92 bits per heavy atom. The molecule has 2 rings (SSSR count). The average molecular weight is 370 g/mol. The molecule has 1 aliphatic rings. The van der Waals surface area contributed by atoms with E-state index in [1.165, 1.54) is 13.5 Å². The number of halogens is 1. The lowest BCUT2D eigenvalue weighted by molar-refractivity contribution is -0.118. The summed E-state index contributed by atoms with van der Waals surface area (Å²) in [5, 5.41) is 2.74. The number of carbonyl (C=O) groups is 2. The Kier molecular flexibility index (Phi) is 8.89. The number of anilines is 1. The molecule has 0 aromatic heterocycles. The van der Waals surface area contributed by atoms with Crippen LogP contribution in [-0.4, -0.2) is 49.6 Å². The number of nitrogens with zero attached hydrogens (tertiary/aromatic N) is 1. The number of hydrogen-bond acceptors (Lipinski definition) is 4. The Bertz CT molecular complexity index is 576. The van der Waals surface area contributed by atoms with E-state index in [2.05, 4.69) is 5.32 Å². The molecular weight excluding hydrogens is 342 g/mol. The van der Waals surface area contributed by atoms with Crippen LogP contribution in [0.15, 0.2) is 24.3 Å². The molecule has 0 bridgehead atoms. The second-order valence-electron chi connectivity index (χ2n) is 6.30. The first-order chi connectivity index (χ1) is 11.5. The van der Waals surface area contributed by atoms with E-state index in [1.807, 2.05) is 7.05 Å². The van der Waals surface area contributed by atoms with Crippen LogP contribution in [0, 0.1) is 0 Å². The lowest BCUT2D eigenvalue weighted by atomic mass is 9.94. The van der Waals surface area contributed by atoms with Gasteiger partial charge in [0, 0.05) is 20.2 Å². The first kappa shape index (κ1) is 21.4. The molecular formula is C18H28ClN3O3. The second-order valence-corrected chi connectivity index (χ2v) is 6.30. The fourth-order valence-electron chi connectivity index (χ4n) is 3.08. The van der Waals surface area contributed by atoms with Crippen molar-refractivity contribution >= 4 is 29.9 Å². The van der Waals surface area contributed by atoms with E-state index in [0.29, 0.717) is 11.3 Å². The van der Waals surface area contributed by atoms with Crippen molar-refractivity contribution in [2.45, 2.75) is 44.2 Å². The number of nitrogens with two attached hydrogens (primary N) is 1. The van der Waals surface area contributed by atoms with Crippen molar-refractivity contribution < 1.29 is 14.3 Å². The molecule has 1 fully saturated rings. The molecule has 1 atom stereocenters. The van der Waals surface area contributed by atoms with Crippen molar-refractivity contribution in [3.05, 3.63) is 29.8 Å². The molecule has 1 aliphatic carbocycles. The molecule has 0 saturated heterocycles. The Morgan fingerprint density at radius 3 is 2.56 bits per heavy atom. The minimum absolute atomic E-state index is 0. The molecule has 0 heterocycles. The van der Waals surface area contributed by atoms with Crippen LogP contribution in [0.5, 0.6) is 0 Å². The Balaban J connectivity index is 0.00000312. The van der Waals surface area contributed by atoms with Gasteiger partial charge in [0.2, 0.25) is 5.91 Å². The standard InChI is InChI=1S/C18H27N3O3.ClH/c1-21(13-8-4-3-5-9-13)18(23)14-10-6-7-11-16(14)20-17(22)15(19)12-24-2;/h6-7,10-11,13,15H,3-5,8-9,12,19H2,1-2H3,(H,20,22);1H. The maximum atomic E-state index is 12.9. The van der Waals surface area contributed by atoms with Crippen LogP contribution in [0.3, 0.4) is 0 Å². The SMILES string of the molecule is COCC(N)C(=O)Nc1ccccc1C(=O)N(C)C1CCCCC1.Cl. The summed E-state index contributed by atoms with van der Waals surface area (Å²) in [6, 6.07) is 6.54. The van der Waals surface area contributed by atoms with Crippen LogP contribution >= 0.6 is 12.4 Å². The monoisotopic (exact) mass is 369 g/mol. The summed E-state index contributed by atoms with van der Waals surface area (Å²) in [5.41, 5.74) is 6.72. The molecule has 0 aliphatic heterocycles. The van der Waals surface area contributed by atoms with Gasteiger partial charge in [0.05, 0.1) is 17.9 Å². The summed E-state index contributed by atoms with van der Waals surface area (Å²) in [6.07, 6.45) is 5.63. The van der Waals surface area contributed by atoms with Crippen molar-refractivity contribution in [1.82, 2.24) is 4.90 Å². The lowest BCUT2D eigenvalue weighted by Gasteiger charge is -2.31. The molecule has 2 amide bonds. The van der Waals surface area contributed by atoms with Gasteiger partial charge in [-0.2, -0.15) is 0 Å². The van der Waals surface area contributed by atoms with E-state index in [0.717, 1.165) is 25.7 Å². The summed E-state index contributed by atoms with van der Waals surface area (Å²) < 4.78 is 4.90. The third kappa shape index (κ3) is 5.70. The third-order valence-electron chi connectivity index (χ3n) is 4.54. The van der Waals surface area contributed by atoms with Crippen LogP contribution in [0.2, 0.25) is 0 Å². The van der Waals surface area contributed by atoms with E-state index in [9.17, 15) is 9.59 Å². The first-order valence-corrected chi connectivity index (χ1v) is 8.46. The van der Waals surface area contributed by atoms with E-state index in [-0.39, 0.29) is 36.9 Å². The molecule has 140 valence electrons. The van der Waals surface area contributed by atoms with Crippen LogP contribution in [-0.2, 0) is 9.53 Å². The number of benzene rings is 1. The molecule has 0 spiro atoms. The second kappa shape index (κ2) is 10.4. The number of carbonyl (C=O) groups excluding carboxylic acids is 2. The van der Waals surface area contributed by atoms with Crippen molar-refractivity contribution in [1.29, 1.82) is 0 Å². The first-order valence-electron chi connectivity index (χ1n) is 8.46. The van der Waals surface area contributed by atoms with E-state index in [1.54, 1.807) is 29.2 Å². The highest BCUT2D eigenvalue weighted by atomic mass is 35.5. The normalized spacial score (nSPS) is 15.8. The summed E-state index contributed by atoms with van der Waals surface area (Å²) in [6.45, 7) is 0.129. The van der Waals surface area contributed by atoms with Crippen molar-refractivity contribution in [3.63, 3.8) is 0 Å². The van der Waals surface area contributed by atoms with Crippen LogP contribution in [0.25, 0.3) is 0 Å². The predicted octanol–water partition coefficient (Wildman–Crippen LogP) is 2.43. The number of ether oxygens (including phenoxy) is 1. The van der Waals surface area contributed by atoms with Gasteiger partial charge in [-0.15, -0.1) is 12.4 Å². The number of nitrogens with one attached hydrogen (secondary N) is 1. The van der Waals surface area contributed by atoms with Gasteiger partial charge in [0.15, 0.2) is 0 Å². The van der Waals surface area contributed by atoms with Gasteiger partial charge in [-0.05, 0) is 25.0 Å². The molecule has 1 aromatic rings. The van der Waals surface area contributed by atoms with Gasteiger partial charge in [-0.25, -0.2) is 0 Å². The molecule has 3 N–H and O–H groups in total. The topological polar surface area (TPSA) is 84.7 Å². The largest absolute Gasteiger partial charge is 0.383 e. The van der Waals surface area contributed by atoms with Crippen molar-refractivity contribution in [3.8, 4) is 0 Å². The highest BCUT2D eigenvalue weighted by Gasteiger charge is 2.25. The third-order valence-corrected chi connectivity index (χ3v) is 4.54. The van der Waals surface area contributed by atoms with E-state index < -0.39 is 6.04 Å². The van der Waals surface area contributed by atoms with Gasteiger partial charge < -0.3 is 20.7 Å². The molecule has 1 aromatic carbocycles. The molecule has 25 heavy (non-hydrogen) atoms. The van der Waals surface area contributed by atoms with Gasteiger partial charge in [-0.1, -0.05) is 31.4 Å². The number of methoxy groups -OCH3 is 1. The molecule has 0 radical (unpaired) electrons. The van der Waals surface area contributed by atoms with Gasteiger partial charge >= 0.3 is 0 Å². The minimum Gasteiger partial charge on any atom is -0.383 e. The average Bonchev–Trinajstić information content (AvgIpc) is 2.62. The maximum absolute atomic E-state index is 12.9. The molecule has 7 heteroatoms. The maximum Gasteiger partial charge on any atom is 0.255 e. The lowest BCUT2D eigenvalue weighted by Crippen LogP contribution is -2.41. The van der Waals surface area contributed by atoms with E-state index >= 15 is 0 Å².